The standard InChI is InChI=1S/C17H28O3S/c18-17(19)10-4-2-1-3-7-14-12-21-13-15(14)11-20-16-8-5-6-9-16/h1,3,14-16H,2,4-13H2,(H,18,19)/b3-1-/t14-,15-/m0/s1. The smallest absolute Gasteiger partial charge is 0.303 e. The van der Waals surface area contributed by atoms with Crippen LogP contribution in [0, 0.1) is 11.8 Å². The van der Waals surface area contributed by atoms with Crippen molar-refractivity contribution in [2.45, 2.75) is 57.5 Å². The predicted octanol–water partition coefficient (Wildman–Crippen LogP) is 4.13. The van der Waals surface area contributed by atoms with Gasteiger partial charge >= 0.3 is 5.97 Å². The second-order valence-corrected chi connectivity index (χ2v) is 7.37. The van der Waals surface area contributed by atoms with Crippen LogP contribution in [0.1, 0.15) is 51.4 Å². The van der Waals surface area contributed by atoms with Crippen molar-refractivity contribution >= 4 is 17.7 Å². The molecule has 21 heavy (non-hydrogen) atoms. The third kappa shape index (κ3) is 6.43. The molecule has 0 unspecified atom stereocenters. The van der Waals surface area contributed by atoms with Gasteiger partial charge in [0, 0.05) is 6.42 Å². The van der Waals surface area contributed by atoms with Gasteiger partial charge in [-0.2, -0.15) is 11.8 Å². The van der Waals surface area contributed by atoms with Gasteiger partial charge < -0.3 is 9.84 Å². The molecule has 120 valence electrons. The molecule has 4 heteroatoms. The SMILES string of the molecule is O=C(O)CCC/C=C\C[C@H]1CSC[C@@H]1COC1CCCC1. The molecule has 1 saturated carbocycles. The van der Waals surface area contributed by atoms with Crippen LogP contribution in [0.15, 0.2) is 12.2 Å². The van der Waals surface area contributed by atoms with E-state index in [0.717, 1.165) is 31.8 Å². The molecule has 0 aromatic carbocycles. The normalized spacial score (nSPS) is 26.9. The molecule has 3 nitrogen and oxygen atoms in total. The molecule has 0 radical (unpaired) electrons. The second-order valence-electron chi connectivity index (χ2n) is 6.29. The minimum atomic E-state index is -0.695. The lowest BCUT2D eigenvalue weighted by Crippen LogP contribution is -2.21. The summed E-state index contributed by atoms with van der Waals surface area (Å²) in [6.07, 6.45) is 13.2. The van der Waals surface area contributed by atoms with Crippen LogP contribution in [0.4, 0.5) is 0 Å². The lowest BCUT2D eigenvalue weighted by atomic mass is 9.93. The maximum atomic E-state index is 10.4. The summed E-state index contributed by atoms with van der Waals surface area (Å²) in [5.74, 6) is 3.24. The molecule has 1 aliphatic carbocycles. The van der Waals surface area contributed by atoms with Gasteiger partial charge in [-0.05, 0) is 55.4 Å². The molecule has 0 amide bonds. The highest BCUT2D eigenvalue weighted by Gasteiger charge is 2.28. The van der Waals surface area contributed by atoms with Gasteiger partial charge in [0.1, 0.15) is 0 Å². The molecular formula is C17H28O3S. The maximum absolute atomic E-state index is 10.4. The molecule has 1 aliphatic heterocycles. The first-order chi connectivity index (χ1) is 10.3. The van der Waals surface area contributed by atoms with Gasteiger partial charge in [0.05, 0.1) is 12.7 Å². The minimum absolute atomic E-state index is 0.279. The molecule has 2 atom stereocenters. The molecule has 1 saturated heterocycles. The monoisotopic (exact) mass is 312 g/mol. The first-order valence-electron chi connectivity index (χ1n) is 8.32. The van der Waals surface area contributed by atoms with Gasteiger partial charge in [-0.1, -0.05) is 25.0 Å². The average molecular weight is 312 g/mol. The molecule has 0 spiro atoms. The zero-order chi connectivity index (χ0) is 14.9. The molecule has 0 bridgehead atoms. The molecule has 2 fully saturated rings. The van der Waals surface area contributed by atoms with Crippen LogP contribution in [-0.2, 0) is 9.53 Å². The molecule has 0 aromatic heterocycles. The number of hydrogen-bond donors (Lipinski definition) is 1. The summed E-state index contributed by atoms with van der Waals surface area (Å²) >= 11 is 2.05. The zero-order valence-electron chi connectivity index (χ0n) is 12.8. The van der Waals surface area contributed by atoms with Crippen molar-refractivity contribution in [3.63, 3.8) is 0 Å². The summed E-state index contributed by atoms with van der Waals surface area (Å²) in [5, 5.41) is 8.59. The van der Waals surface area contributed by atoms with Crippen molar-refractivity contribution in [2.24, 2.45) is 11.8 Å². The lowest BCUT2D eigenvalue weighted by Gasteiger charge is -2.20. The van der Waals surface area contributed by atoms with E-state index < -0.39 is 5.97 Å². The third-order valence-corrected chi connectivity index (χ3v) is 5.87. The first-order valence-corrected chi connectivity index (χ1v) is 9.47. The number of carboxylic acids is 1. The van der Waals surface area contributed by atoms with Crippen LogP contribution in [0.2, 0.25) is 0 Å². The Morgan fingerprint density at radius 1 is 1.19 bits per heavy atom. The van der Waals surface area contributed by atoms with E-state index in [1.54, 1.807) is 0 Å². The van der Waals surface area contributed by atoms with Crippen LogP contribution in [0.5, 0.6) is 0 Å². The lowest BCUT2D eigenvalue weighted by molar-refractivity contribution is -0.137. The Kier molecular flexibility index (Phi) is 7.65. The number of carbonyl (C=O) groups is 1. The van der Waals surface area contributed by atoms with Gasteiger partial charge in [0.25, 0.3) is 0 Å². The highest BCUT2D eigenvalue weighted by Crippen LogP contribution is 2.34. The van der Waals surface area contributed by atoms with E-state index in [9.17, 15) is 4.79 Å². The highest BCUT2D eigenvalue weighted by molar-refractivity contribution is 7.99. The molecule has 1 heterocycles. The van der Waals surface area contributed by atoms with Gasteiger partial charge in [0.15, 0.2) is 0 Å². The fraction of sp³-hybridized carbons (Fsp3) is 0.824. The van der Waals surface area contributed by atoms with E-state index in [2.05, 4.69) is 23.9 Å². The van der Waals surface area contributed by atoms with Gasteiger partial charge in [0.2, 0.25) is 0 Å². The van der Waals surface area contributed by atoms with Crippen molar-refractivity contribution in [3.8, 4) is 0 Å². The summed E-state index contributed by atoms with van der Waals surface area (Å²) in [5.41, 5.74) is 0. The number of rotatable bonds is 9. The predicted molar refractivity (Wildman–Crippen MR) is 87.8 cm³/mol. The molecule has 2 rings (SSSR count). The fourth-order valence-corrected chi connectivity index (χ4v) is 4.68. The average Bonchev–Trinajstić information content (AvgIpc) is 3.11. The number of allylic oxidation sites excluding steroid dienone is 2. The number of aliphatic carboxylic acids is 1. The molecule has 0 aromatic rings. The molecule has 2 aliphatic rings. The number of hydrogen-bond acceptors (Lipinski definition) is 3. The van der Waals surface area contributed by atoms with Crippen molar-refractivity contribution in [1.82, 2.24) is 0 Å². The van der Waals surface area contributed by atoms with E-state index in [-0.39, 0.29) is 6.42 Å². The largest absolute Gasteiger partial charge is 0.481 e. The van der Waals surface area contributed by atoms with Gasteiger partial charge in [-0.3, -0.25) is 4.79 Å². The number of unbranched alkanes of at least 4 members (excludes halogenated alkanes) is 1. The van der Waals surface area contributed by atoms with E-state index in [1.807, 2.05) is 0 Å². The summed E-state index contributed by atoms with van der Waals surface area (Å²) in [4.78, 5) is 10.4. The Morgan fingerprint density at radius 2 is 1.95 bits per heavy atom. The Bertz CT molecular complexity index is 337. The summed E-state index contributed by atoms with van der Waals surface area (Å²) in [6, 6.07) is 0. The number of thioether (sulfide) groups is 1. The number of ether oxygens (including phenoxy) is 1. The van der Waals surface area contributed by atoms with E-state index >= 15 is 0 Å². The Balaban J connectivity index is 1.59. The summed E-state index contributed by atoms with van der Waals surface area (Å²) < 4.78 is 6.09. The Labute approximate surface area is 132 Å². The second kappa shape index (κ2) is 9.52. The van der Waals surface area contributed by atoms with Crippen LogP contribution in [0.3, 0.4) is 0 Å². The van der Waals surface area contributed by atoms with Gasteiger partial charge in [-0.25, -0.2) is 0 Å². The van der Waals surface area contributed by atoms with Crippen LogP contribution in [0.25, 0.3) is 0 Å². The maximum Gasteiger partial charge on any atom is 0.303 e. The topological polar surface area (TPSA) is 46.5 Å². The van der Waals surface area contributed by atoms with Crippen LogP contribution in [-0.4, -0.2) is 35.3 Å². The van der Waals surface area contributed by atoms with E-state index in [0.29, 0.717) is 12.0 Å². The van der Waals surface area contributed by atoms with Crippen LogP contribution < -0.4 is 0 Å². The summed E-state index contributed by atoms with van der Waals surface area (Å²) in [6.45, 7) is 0.940. The Hall–Kier alpha value is -0.480. The first kappa shape index (κ1) is 16.9. The van der Waals surface area contributed by atoms with Crippen molar-refractivity contribution < 1.29 is 14.6 Å². The Morgan fingerprint density at radius 3 is 2.71 bits per heavy atom. The number of carboxylic acid groups (broad SMARTS) is 1. The third-order valence-electron chi connectivity index (χ3n) is 4.55. The highest BCUT2D eigenvalue weighted by atomic mass is 32.2. The fourth-order valence-electron chi connectivity index (χ4n) is 3.16. The zero-order valence-corrected chi connectivity index (χ0v) is 13.7. The molecule has 1 N–H and O–H groups in total. The van der Waals surface area contributed by atoms with Crippen LogP contribution >= 0.6 is 11.8 Å². The minimum Gasteiger partial charge on any atom is -0.481 e. The quantitative estimate of drug-likeness (QED) is 0.514. The summed E-state index contributed by atoms with van der Waals surface area (Å²) in [7, 11) is 0. The molecular weight excluding hydrogens is 284 g/mol. The van der Waals surface area contributed by atoms with Crippen molar-refractivity contribution in [2.75, 3.05) is 18.1 Å². The van der Waals surface area contributed by atoms with E-state index in [4.69, 9.17) is 9.84 Å². The van der Waals surface area contributed by atoms with Crippen molar-refractivity contribution in [1.29, 1.82) is 0 Å². The van der Waals surface area contributed by atoms with E-state index in [1.165, 1.54) is 37.2 Å². The van der Waals surface area contributed by atoms with Gasteiger partial charge in [-0.15, -0.1) is 0 Å². The van der Waals surface area contributed by atoms with Crippen molar-refractivity contribution in [3.05, 3.63) is 12.2 Å².